The Kier molecular flexibility index (Phi) is 8.50. The third-order valence-electron chi connectivity index (χ3n) is 8.46. The number of primary amides is 1. The number of nitrogens with one attached hydrogen (secondary N) is 2. The largest absolute Gasteiger partial charge is 0.459 e. The minimum absolute atomic E-state index is 0.164. The van der Waals surface area contributed by atoms with Crippen LogP contribution in [0.2, 0.25) is 0 Å². The highest BCUT2D eigenvalue weighted by Gasteiger charge is 2.36. The summed E-state index contributed by atoms with van der Waals surface area (Å²) in [4.78, 5) is 50.4. The van der Waals surface area contributed by atoms with Gasteiger partial charge in [0.25, 0.3) is 5.91 Å². The lowest BCUT2D eigenvalue weighted by Gasteiger charge is -2.31. The molecule has 11 heteroatoms. The molecule has 2 aromatic carbocycles. The van der Waals surface area contributed by atoms with E-state index in [-0.39, 0.29) is 53.4 Å². The van der Waals surface area contributed by atoms with Gasteiger partial charge in [-0.05, 0) is 94.2 Å². The zero-order valence-electron chi connectivity index (χ0n) is 26.3. The van der Waals surface area contributed by atoms with Crippen molar-refractivity contribution in [1.29, 1.82) is 0 Å². The van der Waals surface area contributed by atoms with E-state index < -0.39 is 29.1 Å². The van der Waals surface area contributed by atoms with Gasteiger partial charge in [-0.2, -0.15) is 0 Å². The van der Waals surface area contributed by atoms with Crippen LogP contribution >= 0.6 is 0 Å². The van der Waals surface area contributed by atoms with E-state index in [2.05, 4.69) is 10.6 Å². The first-order chi connectivity index (χ1) is 21.0. The Morgan fingerprint density at radius 2 is 1.73 bits per heavy atom. The summed E-state index contributed by atoms with van der Waals surface area (Å²) in [7, 11) is 0. The quantitative estimate of drug-likeness (QED) is 0.289. The summed E-state index contributed by atoms with van der Waals surface area (Å²) < 4.78 is 36.8. The second-order valence-corrected chi connectivity index (χ2v) is 14.0. The molecule has 0 atom stereocenters. The molecule has 0 unspecified atom stereocenters. The lowest BCUT2D eigenvalue weighted by atomic mass is 9.80. The molecule has 240 valence electrons. The third kappa shape index (κ3) is 6.87. The molecule has 3 aromatic rings. The number of amides is 2. The minimum atomic E-state index is -0.932. The predicted octanol–water partition coefficient (Wildman–Crippen LogP) is 5.73. The van der Waals surface area contributed by atoms with Crippen molar-refractivity contribution in [3.63, 3.8) is 0 Å². The first-order valence-corrected chi connectivity index (χ1v) is 15.3. The number of hydrogen-bond acceptors (Lipinski definition) is 6. The third-order valence-corrected chi connectivity index (χ3v) is 8.46. The first kappa shape index (κ1) is 32.1. The van der Waals surface area contributed by atoms with Gasteiger partial charge >= 0.3 is 5.97 Å². The maximum absolute atomic E-state index is 15.7. The molecular weight excluding hydrogens is 582 g/mol. The van der Waals surface area contributed by atoms with E-state index in [1.807, 2.05) is 13.8 Å². The van der Waals surface area contributed by atoms with Crippen molar-refractivity contribution >= 4 is 40.3 Å². The minimum Gasteiger partial charge on any atom is -0.459 e. The zero-order chi connectivity index (χ0) is 32.8. The fourth-order valence-corrected chi connectivity index (χ4v) is 6.61. The number of carbonyl (C=O) groups excluding carboxylic acids is 4. The maximum atomic E-state index is 15.7. The molecule has 1 aromatic heterocycles. The van der Waals surface area contributed by atoms with Crippen LogP contribution in [0.4, 0.5) is 14.5 Å². The van der Waals surface area contributed by atoms with Gasteiger partial charge in [-0.15, -0.1) is 0 Å². The lowest BCUT2D eigenvalue weighted by molar-refractivity contribution is -0.154. The van der Waals surface area contributed by atoms with Gasteiger partial charge in [0.2, 0.25) is 11.8 Å². The van der Waals surface area contributed by atoms with Crippen LogP contribution in [0.5, 0.6) is 0 Å². The molecule has 4 N–H and O–H groups in total. The number of nitrogens with zero attached hydrogens (tertiary/aromatic N) is 1. The molecule has 45 heavy (non-hydrogen) atoms. The number of nitrogens with two attached hydrogens (primary N) is 1. The number of anilines is 1. The highest BCUT2D eigenvalue weighted by atomic mass is 19.1. The van der Waals surface area contributed by atoms with Gasteiger partial charge < -0.3 is 21.1 Å². The van der Waals surface area contributed by atoms with Gasteiger partial charge in [0.15, 0.2) is 0 Å². The molecule has 1 saturated carbocycles. The van der Waals surface area contributed by atoms with Crippen molar-refractivity contribution in [2.75, 3.05) is 11.9 Å². The van der Waals surface area contributed by atoms with E-state index in [0.717, 1.165) is 0 Å². The van der Waals surface area contributed by atoms with Crippen LogP contribution in [0, 0.1) is 23.0 Å². The average Bonchev–Trinajstić information content (AvgIpc) is 3.22. The van der Waals surface area contributed by atoms with Crippen molar-refractivity contribution in [2.45, 2.75) is 84.8 Å². The molecule has 0 saturated heterocycles. The Labute approximate surface area is 260 Å². The molecule has 9 nitrogen and oxygen atoms in total. The van der Waals surface area contributed by atoms with Gasteiger partial charge in [0.1, 0.15) is 23.8 Å². The van der Waals surface area contributed by atoms with Crippen LogP contribution in [0.3, 0.4) is 0 Å². The summed E-state index contributed by atoms with van der Waals surface area (Å²) >= 11 is 0. The Balaban J connectivity index is 1.41. The van der Waals surface area contributed by atoms with Gasteiger partial charge in [-0.1, -0.05) is 13.8 Å². The summed E-state index contributed by atoms with van der Waals surface area (Å²) in [5.41, 5.74) is 6.66. The molecule has 2 amide bonds. The second-order valence-electron chi connectivity index (χ2n) is 14.0. The van der Waals surface area contributed by atoms with E-state index in [1.54, 1.807) is 32.9 Å². The van der Waals surface area contributed by atoms with Crippen molar-refractivity contribution in [3.8, 4) is 11.1 Å². The molecule has 2 heterocycles. The number of benzene rings is 2. The van der Waals surface area contributed by atoms with Gasteiger partial charge in [-0.25, -0.2) is 8.78 Å². The fraction of sp³-hybridized carbons (Fsp3) is 0.471. The predicted molar refractivity (Wildman–Crippen MR) is 167 cm³/mol. The Bertz CT molecular complexity index is 1700. The molecule has 1 fully saturated rings. The number of carbonyl (C=O) groups is 4. The number of ether oxygens (including phenoxy) is 1. The number of rotatable bonds is 7. The molecule has 1 aliphatic carbocycles. The van der Waals surface area contributed by atoms with Crippen LogP contribution in [0.15, 0.2) is 30.3 Å². The number of hydrogen-bond donors (Lipinski definition) is 3. The molecule has 5 rings (SSSR count). The molecule has 0 bridgehead atoms. The highest BCUT2D eigenvalue weighted by Crippen LogP contribution is 2.44. The van der Waals surface area contributed by atoms with Crippen LogP contribution < -0.4 is 16.4 Å². The summed E-state index contributed by atoms with van der Waals surface area (Å²) in [5.74, 6) is -3.44. The monoisotopic (exact) mass is 622 g/mol. The standard InChI is InChI=1S/C34H40F2N4O5/c1-33(2,3)45-28(42)17-38-32(44)18-6-9-21(10-7-18)39-24-13-19(12-23(36)30(24)31(37)43)29-22-11-8-20(35)14-25(22)40-26(29)15-34(4,5)16-27(40)41/h8,11-14,18,21,39H,6-7,9-10,15-17H2,1-5H3,(H2,37,43)(H,38,44). The van der Waals surface area contributed by atoms with E-state index in [4.69, 9.17) is 10.5 Å². The summed E-state index contributed by atoms with van der Waals surface area (Å²) in [6, 6.07) is 6.93. The smallest absolute Gasteiger partial charge is 0.325 e. The van der Waals surface area contributed by atoms with Crippen LogP contribution in [0.1, 0.15) is 87.6 Å². The first-order valence-electron chi connectivity index (χ1n) is 15.3. The number of halogens is 2. The van der Waals surface area contributed by atoms with Crippen molar-refractivity contribution in [3.05, 3.63) is 53.2 Å². The molecule has 0 spiro atoms. The molecule has 2 aliphatic rings. The van der Waals surface area contributed by atoms with E-state index in [0.29, 0.717) is 59.8 Å². The summed E-state index contributed by atoms with van der Waals surface area (Å²) in [5, 5.41) is 6.55. The topological polar surface area (TPSA) is 133 Å². The lowest BCUT2D eigenvalue weighted by Crippen LogP contribution is -2.40. The summed E-state index contributed by atoms with van der Waals surface area (Å²) in [6.45, 7) is 9.01. The molecule has 1 aliphatic heterocycles. The highest BCUT2D eigenvalue weighted by molar-refractivity contribution is 6.06. The molecule has 0 radical (unpaired) electrons. The average molecular weight is 623 g/mol. The Morgan fingerprint density at radius 1 is 1.04 bits per heavy atom. The number of aromatic nitrogens is 1. The normalized spacial score (nSPS) is 19.6. The molecular formula is C34H40F2N4O5. The fourth-order valence-electron chi connectivity index (χ4n) is 6.61. The summed E-state index contributed by atoms with van der Waals surface area (Å²) in [6.07, 6.45) is 2.94. The van der Waals surface area contributed by atoms with Crippen molar-refractivity contribution < 1.29 is 32.7 Å². The van der Waals surface area contributed by atoms with E-state index in [9.17, 15) is 23.6 Å². The van der Waals surface area contributed by atoms with Crippen LogP contribution in [-0.4, -0.2) is 46.4 Å². The van der Waals surface area contributed by atoms with Gasteiger partial charge in [-0.3, -0.25) is 23.7 Å². The van der Waals surface area contributed by atoms with Gasteiger partial charge in [0.05, 0.1) is 16.8 Å². The van der Waals surface area contributed by atoms with Crippen molar-refractivity contribution in [1.82, 2.24) is 9.88 Å². The number of fused-ring (bicyclic) bond motifs is 3. The Hall–Kier alpha value is -4.28. The van der Waals surface area contributed by atoms with Gasteiger partial charge in [0, 0.05) is 35.0 Å². The second kappa shape index (κ2) is 11.9. The van der Waals surface area contributed by atoms with Crippen LogP contribution in [-0.2, 0) is 20.7 Å². The Morgan fingerprint density at radius 3 is 2.38 bits per heavy atom. The van der Waals surface area contributed by atoms with Crippen LogP contribution in [0.25, 0.3) is 22.0 Å². The zero-order valence-corrected chi connectivity index (χ0v) is 26.3. The van der Waals surface area contributed by atoms with E-state index >= 15 is 4.39 Å². The van der Waals surface area contributed by atoms with Crippen molar-refractivity contribution in [2.24, 2.45) is 17.1 Å². The SMILES string of the molecule is CC1(C)CC(=O)n2c(c(-c3cc(F)c(C(N)=O)c(NC4CCC(C(=O)NCC(=O)OC(C)(C)C)CC4)c3)c3ccc(F)cc32)C1. The number of esters is 1. The van der Waals surface area contributed by atoms with E-state index in [1.165, 1.54) is 22.8 Å². The maximum Gasteiger partial charge on any atom is 0.325 e.